The molecule has 0 aliphatic heterocycles. The van der Waals surface area contributed by atoms with Crippen LogP contribution in [0.2, 0.25) is 19.6 Å². The predicted molar refractivity (Wildman–Crippen MR) is 120 cm³/mol. The summed E-state index contributed by atoms with van der Waals surface area (Å²) in [5, 5.41) is 15.7. The van der Waals surface area contributed by atoms with Crippen molar-refractivity contribution in [2.45, 2.75) is 53.9 Å². The summed E-state index contributed by atoms with van der Waals surface area (Å²) < 4.78 is 7.44. The van der Waals surface area contributed by atoms with Crippen molar-refractivity contribution in [1.82, 2.24) is 9.78 Å². The van der Waals surface area contributed by atoms with Gasteiger partial charge in [0.1, 0.15) is 17.3 Å². The summed E-state index contributed by atoms with van der Waals surface area (Å²) in [4.78, 5) is 12.4. The smallest absolute Gasteiger partial charge is 0.336 e. The second-order valence-electron chi connectivity index (χ2n) is 8.27. The molecule has 2 aromatic rings. The SMILES string of the molecule is CCn1nc(C)cc1/C(OC(=O)C=C(C)C)=C(/C#N)c1ccc([Si](C)(C)C)cc1. The molecule has 1 aromatic heterocycles. The van der Waals surface area contributed by atoms with Gasteiger partial charge >= 0.3 is 5.97 Å². The summed E-state index contributed by atoms with van der Waals surface area (Å²) >= 11 is 0. The molecule has 1 heterocycles. The minimum atomic E-state index is -1.45. The van der Waals surface area contributed by atoms with Gasteiger partial charge in [0.2, 0.25) is 0 Å². The predicted octanol–water partition coefficient (Wildman–Crippen LogP) is 4.66. The summed E-state index contributed by atoms with van der Waals surface area (Å²) in [6.45, 7) is 14.9. The van der Waals surface area contributed by atoms with Crippen molar-refractivity contribution in [1.29, 1.82) is 5.26 Å². The molecule has 0 radical (unpaired) electrons. The van der Waals surface area contributed by atoms with Gasteiger partial charge in [0.25, 0.3) is 0 Å². The summed E-state index contributed by atoms with van der Waals surface area (Å²) in [7, 11) is -1.45. The Balaban J connectivity index is 2.68. The number of allylic oxidation sites excluding steroid dienone is 2. The molecule has 29 heavy (non-hydrogen) atoms. The molecule has 0 saturated heterocycles. The van der Waals surface area contributed by atoms with Crippen LogP contribution in [0, 0.1) is 18.3 Å². The standard InChI is InChI=1S/C23H29N3O2Si/c1-8-26-21(14-17(4)25-26)23(28-22(27)13-16(2)3)20(15-24)18-9-11-19(12-10-18)29(5,6)7/h9-14H,8H2,1-7H3/b23-20+. The Morgan fingerprint density at radius 1 is 1.24 bits per heavy atom. The molecule has 152 valence electrons. The molecule has 0 atom stereocenters. The van der Waals surface area contributed by atoms with Gasteiger partial charge in [-0.15, -0.1) is 0 Å². The first-order chi connectivity index (χ1) is 13.6. The normalized spacial score (nSPS) is 12.1. The summed E-state index contributed by atoms with van der Waals surface area (Å²) in [6, 6.07) is 12.1. The van der Waals surface area contributed by atoms with Gasteiger partial charge in [-0.2, -0.15) is 10.4 Å². The largest absolute Gasteiger partial charge is 0.420 e. The number of ether oxygens (including phenoxy) is 1. The zero-order valence-corrected chi connectivity index (χ0v) is 19.3. The second-order valence-corrected chi connectivity index (χ2v) is 13.4. The molecular weight excluding hydrogens is 378 g/mol. The van der Waals surface area contributed by atoms with Crippen LogP contribution in [0.4, 0.5) is 0 Å². The van der Waals surface area contributed by atoms with Crippen molar-refractivity contribution in [3.8, 4) is 6.07 Å². The van der Waals surface area contributed by atoms with E-state index in [2.05, 4.69) is 42.9 Å². The number of nitrogens with zero attached hydrogens (tertiary/aromatic N) is 3. The maximum Gasteiger partial charge on any atom is 0.336 e. The number of aromatic nitrogens is 2. The Kier molecular flexibility index (Phi) is 6.99. The van der Waals surface area contributed by atoms with Crippen LogP contribution in [0.25, 0.3) is 11.3 Å². The average Bonchev–Trinajstić information content (AvgIpc) is 3.01. The Labute approximate surface area is 174 Å². The van der Waals surface area contributed by atoms with Gasteiger partial charge in [-0.25, -0.2) is 4.79 Å². The van der Waals surface area contributed by atoms with E-state index in [1.165, 1.54) is 11.3 Å². The van der Waals surface area contributed by atoms with Gasteiger partial charge in [0, 0.05) is 12.6 Å². The molecule has 2 rings (SSSR count). The van der Waals surface area contributed by atoms with Crippen LogP contribution in [0.3, 0.4) is 0 Å². The van der Waals surface area contributed by atoms with Crippen LogP contribution < -0.4 is 5.19 Å². The van der Waals surface area contributed by atoms with Gasteiger partial charge < -0.3 is 4.74 Å². The van der Waals surface area contributed by atoms with Gasteiger partial charge in [0.15, 0.2) is 5.76 Å². The molecule has 0 aliphatic rings. The highest BCUT2D eigenvalue weighted by atomic mass is 28.3. The van der Waals surface area contributed by atoms with Crippen molar-refractivity contribution in [3.05, 3.63) is 58.9 Å². The summed E-state index contributed by atoms with van der Waals surface area (Å²) in [5.74, 6) is -0.272. The Morgan fingerprint density at radius 2 is 1.86 bits per heavy atom. The van der Waals surface area contributed by atoms with E-state index in [1.807, 2.05) is 45.9 Å². The Morgan fingerprint density at radius 3 is 2.34 bits per heavy atom. The first kappa shape index (κ1) is 22.4. The lowest BCUT2D eigenvalue weighted by molar-refractivity contribution is -0.131. The number of aryl methyl sites for hydroxylation is 2. The van der Waals surface area contributed by atoms with Crippen molar-refractivity contribution >= 4 is 30.6 Å². The maximum atomic E-state index is 12.4. The van der Waals surface area contributed by atoms with Crippen molar-refractivity contribution in [3.63, 3.8) is 0 Å². The molecule has 0 fully saturated rings. The van der Waals surface area contributed by atoms with Crippen molar-refractivity contribution in [2.75, 3.05) is 0 Å². The van der Waals surface area contributed by atoms with Gasteiger partial charge in [-0.3, -0.25) is 4.68 Å². The van der Waals surface area contributed by atoms with E-state index < -0.39 is 14.0 Å². The number of carbonyl (C=O) groups excluding carboxylic acids is 1. The molecule has 6 heteroatoms. The Hall–Kier alpha value is -2.91. The molecular formula is C23H29N3O2Si. The molecule has 5 nitrogen and oxygen atoms in total. The molecule has 0 saturated carbocycles. The van der Waals surface area contributed by atoms with E-state index in [1.54, 1.807) is 4.68 Å². The zero-order valence-electron chi connectivity index (χ0n) is 18.3. The topological polar surface area (TPSA) is 67.9 Å². The highest BCUT2D eigenvalue weighted by Crippen LogP contribution is 2.28. The number of nitriles is 1. The van der Waals surface area contributed by atoms with Gasteiger partial charge in [-0.05, 0) is 39.3 Å². The first-order valence-corrected chi connectivity index (χ1v) is 13.2. The number of rotatable bonds is 6. The molecule has 0 spiro atoms. The quantitative estimate of drug-likeness (QED) is 0.230. The maximum absolute atomic E-state index is 12.4. The number of benzene rings is 1. The number of carbonyl (C=O) groups is 1. The molecule has 0 unspecified atom stereocenters. The lowest BCUT2D eigenvalue weighted by Gasteiger charge is -2.17. The van der Waals surface area contributed by atoms with Crippen LogP contribution in [-0.4, -0.2) is 23.8 Å². The van der Waals surface area contributed by atoms with Gasteiger partial charge in [0.05, 0.1) is 13.8 Å². The average molecular weight is 408 g/mol. The monoisotopic (exact) mass is 407 g/mol. The zero-order chi connectivity index (χ0) is 21.8. The lowest BCUT2D eigenvalue weighted by Crippen LogP contribution is -2.37. The lowest BCUT2D eigenvalue weighted by atomic mass is 10.0. The van der Waals surface area contributed by atoms with Crippen LogP contribution in [0.5, 0.6) is 0 Å². The highest BCUT2D eigenvalue weighted by Gasteiger charge is 2.22. The van der Waals surface area contributed by atoms with E-state index in [-0.39, 0.29) is 5.76 Å². The number of hydrogen-bond donors (Lipinski definition) is 0. The third kappa shape index (κ3) is 5.55. The third-order valence-electron chi connectivity index (χ3n) is 4.42. The minimum absolute atomic E-state index is 0.234. The summed E-state index contributed by atoms with van der Waals surface area (Å²) in [6.07, 6.45) is 1.42. The van der Waals surface area contributed by atoms with E-state index >= 15 is 0 Å². The minimum Gasteiger partial charge on any atom is -0.420 e. The fourth-order valence-corrected chi connectivity index (χ4v) is 4.12. The molecule has 1 aromatic carbocycles. The van der Waals surface area contributed by atoms with E-state index in [9.17, 15) is 10.1 Å². The third-order valence-corrected chi connectivity index (χ3v) is 6.49. The molecule has 0 amide bonds. The van der Waals surface area contributed by atoms with Crippen LogP contribution in [0.1, 0.15) is 37.7 Å². The molecule has 0 aliphatic carbocycles. The highest BCUT2D eigenvalue weighted by molar-refractivity contribution is 6.88. The Bertz CT molecular complexity index is 996. The van der Waals surface area contributed by atoms with E-state index in [0.29, 0.717) is 17.8 Å². The fraction of sp³-hybridized carbons (Fsp3) is 0.348. The van der Waals surface area contributed by atoms with Crippen molar-refractivity contribution in [2.24, 2.45) is 0 Å². The fourth-order valence-electron chi connectivity index (χ4n) is 2.95. The van der Waals surface area contributed by atoms with Gasteiger partial charge in [-0.1, -0.05) is 54.7 Å². The second kappa shape index (κ2) is 9.06. The van der Waals surface area contributed by atoms with Crippen LogP contribution in [0.15, 0.2) is 42.0 Å². The first-order valence-electron chi connectivity index (χ1n) is 9.73. The molecule has 0 bridgehead atoms. The van der Waals surface area contributed by atoms with E-state index in [0.717, 1.165) is 16.8 Å². The van der Waals surface area contributed by atoms with E-state index in [4.69, 9.17) is 4.74 Å². The molecule has 0 N–H and O–H groups in total. The number of esters is 1. The summed E-state index contributed by atoms with van der Waals surface area (Å²) in [5.41, 5.74) is 3.27. The van der Waals surface area contributed by atoms with Crippen LogP contribution >= 0.6 is 0 Å². The van der Waals surface area contributed by atoms with Crippen LogP contribution in [-0.2, 0) is 16.1 Å². The van der Waals surface area contributed by atoms with Crippen molar-refractivity contribution < 1.29 is 9.53 Å². The number of hydrogen-bond acceptors (Lipinski definition) is 4.